The Morgan fingerprint density at radius 2 is 2.04 bits per heavy atom. The summed E-state index contributed by atoms with van der Waals surface area (Å²) in [6.07, 6.45) is 6.02. The molecule has 0 bridgehead atoms. The summed E-state index contributed by atoms with van der Waals surface area (Å²) in [6, 6.07) is 11.9. The van der Waals surface area contributed by atoms with E-state index in [1.165, 1.54) is 18.4 Å². The Balaban J connectivity index is 1.38. The molecule has 1 heterocycles. The Bertz CT molecular complexity index is 588. The van der Waals surface area contributed by atoms with E-state index in [0.717, 1.165) is 70.5 Å². The molecule has 2 fully saturated rings. The van der Waals surface area contributed by atoms with Crippen molar-refractivity contribution < 1.29 is 4.74 Å². The summed E-state index contributed by atoms with van der Waals surface area (Å²) in [6.45, 7) is 10.1. The van der Waals surface area contributed by atoms with Gasteiger partial charge in [-0.15, -0.1) is 0 Å². The summed E-state index contributed by atoms with van der Waals surface area (Å²) in [5, 5.41) is 7.06. The number of guanidine groups is 1. The van der Waals surface area contributed by atoms with Gasteiger partial charge < -0.3 is 15.4 Å². The molecule has 2 aliphatic rings. The number of benzene rings is 1. The van der Waals surface area contributed by atoms with Crippen molar-refractivity contribution in [3.8, 4) is 0 Å². The van der Waals surface area contributed by atoms with Crippen LogP contribution in [0.2, 0.25) is 0 Å². The van der Waals surface area contributed by atoms with E-state index in [0.29, 0.717) is 12.1 Å². The van der Waals surface area contributed by atoms with Gasteiger partial charge in [0.1, 0.15) is 0 Å². The zero-order chi connectivity index (χ0) is 19.6. The maximum Gasteiger partial charge on any atom is 0.191 e. The van der Waals surface area contributed by atoms with E-state index in [1.54, 1.807) is 0 Å². The lowest BCUT2D eigenvalue weighted by Crippen LogP contribution is -2.51. The molecule has 0 radical (unpaired) electrons. The second kappa shape index (κ2) is 11.4. The van der Waals surface area contributed by atoms with Gasteiger partial charge in [0.25, 0.3) is 0 Å². The van der Waals surface area contributed by atoms with Gasteiger partial charge >= 0.3 is 0 Å². The van der Waals surface area contributed by atoms with Crippen molar-refractivity contribution in [3.05, 3.63) is 35.9 Å². The van der Waals surface area contributed by atoms with Crippen LogP contribution in [0.4, 0.5) is 0 Å². The third-order valence-corrected chi connectivity index (χ3v) is 5.69. The van der Waals surface area contributed by atoms with Gasteiger partial charge in [-0.1, -0.05) is 30.3 Å². The number of aliphatic imine (C=N–C) groups is 1. The lowest BCUT2D eigenvalue weighted by Gasteiger charge is -2.38. The van der Waals surface area contributed by atoms with Crippen LogP contribution in [0.15, 0.2) is 35.3 Å². The van der Waals surface area contributed by atoms with E-state index < -0.39 is 0 Å². The highest BCUT2D eigenvalue weighted by molar-refractivity contribution is 5.80. The molecule has 1 saturated carbocycles. The van der Waals surface area contributed by atoms with Crippen molar-refractivity contribution in [2.45, 2.75) is 64.6 Å². The summed E-state index contributed by atoms with van der Waals surface area (Å²) in [5.41, 5.74) is 1.40. The van der Waals surface area contributed by atoms with Crippen LogP contribution in [0, 0.1) is 5.92 Å². The summed E-state index contributed by atoms with van der Waals surface area (Å²) in [4.78, 5) is 7.34. The molecule has 1 saturated heterocycles. The highest BCUT2D eigenvalue weighted by Gasteiger charge is 2.26. The molecule has 156 valence electrons. The SMILES string of the molecule is CCNC(=NCCCOCC1CC1)NC1CCN(Cc2ccccc2)C(C)C1. The highest BCUT2D eigenvalue weighted by atomic mass is 16.5. The van der Waals surface area contributed by atoms with Crippen LogP contribution in [0.3, 0.4) is 0 Å². The minimum Gasteiger partial charge on any atom is -0.381 e. The lowest BCUT2D eigenvalue weighted by atomic mass is 9.97. The van der Waals surface area contributed by atoms with Crippen LogP contribution in [-0.4, -0.2) is 55.8 Å². The average Bonchev–Trinajstić information content (AvgIpc) is 3.52. The smallest absolute Gasteiger partial charge is 0.191 e. The first-order valence-corrected chi connectivity index (χ1v) is 11.1. The summed E-state index contributed by atoms with van der Waals surface area (Å²) >= 11 is 0. The Labute approximate surface area is 170 Å². The van der Waals surface area contributed by atoms with Crippen LogP contribution in [0.1, 0.15) is 51.5 Å². The number of nitrogens with one attached hydrogen (secondary N) is 2. The van der Waals surface area contributed by atoms with Crippen LogP contribution < -0.4 is 10.6 Å². The summed E-state index contributed by atoms with van der Waals surface area (Å²) in [5.74, 6) is 1.80. The lowest BCUT2D eigenvalue weighted by molar-refractivity contribution is 0.123. The normalized spacial score (nSPS) is 23.6. The van der Waals surface area contributed by atoms with Crippen LogP contribution in [-0.2, 0) is 11.3 Å². The quantitative estimate of drug-likeness (QED) is 0.368. The van der Waals surface area contributed by atoms with E-state index in [9.17, 15) is 0 Å². The van der Waals surface area contributed by atoms with E-state index in [4.69, 9.17) is 9.73 Å². The highest BCUT2D eigenvalue weighted by Crippen LogP contribution is 2.28. The van der Waals surface area contributed by atoms with Gasteiger partial charge in [0.05, 0.1) is 0 Å². The Morgan fingerprint density at radius 1 is 1.21 bits per heavy atom. The Hall–Kier alpha value is -1.59. The second-order valence-electron chi connectivity index (χ2n) is 8.30. The minimum atomic E-state index is 0.492. The molecule has 2 N–H and O–H groups in total. The number of nitrogens with zero attached hydrogens (tertiary/aromatic N) is 2. The van der Waals surface area contributed by atoms with Crippen molar-refractivity contribution >= 4 is 5.96 Å². The molecule has 1 aliphatic carbocycles. The number of hydrogen-bond acceptors (Lipinski definition) is 3. The third kappa shape index (κ3) is 7.44. The molecule has 1 aliphatic heterocycles. The molecule has 1 aromatic carbocycles. The van der Waals surface area contributed by atoms with Gasteiger partial charge in [-0.3, -0.25) is 9.89 Å². The molecule has 28 heavy (non-hydrogen) atoms. The van der Waals surface area contributed by atoms with E-state index in [-0.39, 0.29) is 0 Å². The van der Waals surface area contributed by atoms with E-state index in [2.05, 4.69) is 59.7 Å². The van der Waals surface area contributed by atoms with Gasteiger partial charge in [-0.2, -0.15) is 0 Å². The van der Waals surface area contributed by atoms with Crippen molar-refractivity contribution in [3.63, 3.8) is 0 Å². The van der Waals surface area contributed by atoms with Gasteiger partial charge in [-0.05, 0) is 57.4 Å². The molecule has 0 amide bonds. The standard InChI is InChI=1S/C23H38N4O/c1-3-24-23(25-13-7-15-28-18-21-10-11-21)26-22-12-14-27(19(2)16-22)17-20-8-5-4-6-9-20/h4-6,8-9,19,21-22H,3,7,10-18H2,1-2H3,(H2,24,25,26). The molecular weight excluding hydrogens is 348 g/mol. The van der Waals surface area contributed by atoms with Crippen molar-refractivity contribution in [2.75, 3.05) is 32.8 Å². The van der Waals surface area contributed by atoms with Gasteiger partial charge in [0.2, 0.25) is 0 Å². The van der Waals surface area contributed by atoms with Gasteiger partial charge in [-0.25, -0.2) is 0 Å². The minimum absolute atomic E-state index is 0.492. The first-order valence-electron chi connectivity index (χ1n) is 11.1. The fourth-order valence-electron chi connectivity index (χ4n) is 3.81. The van der Waals surface area contributed by atoms with Crippen molar-refractivity contribution in [2.24, 2.45) is 10.9 Å². The Kier molecular flexibility index (Phi) is 8.62. The van der Waals surface area contributed by atoms with Crippen molar-refractivity contribution in [1.82, 2.24) is 15.5 Å². The zero-order valence-corrected chi connectivity index (χ0v) is 17.7. The van der Waals surface area contributed by atoms with Gasteiger partial charge in [0, 0.05) is 51.5 Å². The first-order chi connectivity index (χ1) is 13.7. The number of hydrogen-bond donors (Lipinski definition) is 2. The first kappa shape index (κ1) is 21.1. The number of piperidine rings is 1. The topological polar surface area (TPSA) is 48.9 Å². The molecule has 5 nitrogen and oxygen atoms in total. The molecule has 2 unspecified atom stereocenters. The predicted molar refractivity (Wildman–Crippen MR) is 117 cm³/mol. The van der Waals surface area contributed by atoms with E-state index >= 15 is 0 Å². The monoisotopic (exact) mass is 386 g/mol. The number of ether oxygens (including phenoxy) is 1. The van der Waals surface area contributed by atoms with Crippen molar-refractivity contribution in [1.29, 1.82) is 0 Å². The fraction of sp³-hybridized carbons (Fsp3) is 0.696. The molecule has 0 spiro atoms. The summed E-state index contributed by atoms with van der Waals surface area (Å²) < 4.78 is 5.71. The van der Waals surface area contributed by atoms with Crippen LogP contribution in [0.5, 0.6) is 0 Å². The maximum absolute atomic E-state index is 5.71. The average molecular weight is 387 g/mol. The number of rotatable bonds is 10. The second-order valence-corrected chi connectivity index (χ2v) is 8.30. The predicted octanol–water partition coefficient (Wildman–Crippen LogP) is 3.41. The largest absolute Gasteiger partial charge is 0.381 e. The molecule has 5 heteroatoms. The zero-order valence-electron chi connectivity index (χ0n) is 17.7. The Morgan fingerprint density at radius 3 is 2.75 bits per heavy atom. The van der Waals surface area contributed by atoms with E-state index in [1.807, 2.05) is 0 Å². The molecule has 3 rings (SSSR count). The third-order valence-electron chi connectivity index (χ3n) is 5.69. The van der Waals surface area contributed by atoms with Crippen LogP contribution in [0.25, 0.3) is 0 Å². The van der Waals surface area contributed by atoms with Gasteiger partial charge in [0.15, 0.2) is 5.96 Å². The number of likely N-dealkylation sites (tertiary alicyclic amines) is 1. The molecule has 1 aromatic rings. The molecule has 0 aromatic heterocycles. The molecular formula is C23H38N4O. The summed E-state index contributed by atoms with van der Waals surface area (Å²) in [7, 11) is 0. The molecule has 2 atom stereocenters. The fourth-order valence-corrected chi connectivity index (χ4v) is 3.81. The van der Waals surface area contributed by atoms with Crippen LogP contribution >= 0.6 is 0 Å². The maximum atomic E-state index is 5.71.